The van der Waals surface area contributed by atoms with Crippen molar-refractivity contribution in [1.82, 2.24) is 0 Å². The highest BCUT2D eigenvalue weighted by Gasteiger charge is 2.15. The molecular weight excluding hydrogens is 228 g/mol. The second kappa shape index (κ2) is 5.49. The molecule has 0 aromatic heterocycles. The van der Waals surface area contributed by atoms with E-state index in [4.69, 9.17) is 4.74 Å². The molecule has 0 spiro atoms. The monoisotopic (exact) mass is 250 g/mol. The van der Waals surface area contributed by atoms with Gasteiger partial charge in [0.2, 0.25) is 0 Å². The first-order valence-electron chi connectivity index (χ1n) is 6.04. The predicted octanol–water partition coefficient (Wildman–Crippen LogP) is 3.80. The first kappa shape index (κ1) is 14.0. The Morgan fingerprint density at radius 3 is 2.47 bits per heavy atom. The van der Waals surface area contributed by atoms with Crippen molar-refractivity contribution < 1.29 is 9.53 Å². The number of benzene rings is 1. The van der Waals surface area contributed by atoms with E-state index in [0.717, 1.165) is 17.2 Å². The Kier molecular flexibility index (Phi) is 4.51. The van der Waals surface area contributed by atoms with Gasteiger partial charge in [-0.1, -0.05) is 31.8 Å². The molecule has 94 valence electrons. The lowest BCUT2D eigenvalue weighted by atomic mass is 10.0. The summed E-state index contributed by atoms with van der Waals surface area (Å²) in [6, 6.07) is 6.76. The van der Waals surface area contributed by atoms with Gasteiger partial charge in [0.15, 0.2) is 0 Å². The van der Waals surface area contributed by atoms with Gasteiger partial charge in [-0.15, -0.1) is 0 Å². The van der Waals surface area contributed by atoms with Crippen molar-refractivity contribution in [3.05, 3.63) is 34.9 Å². The number of aryl methyl sites for hydroxylation is 1. The number of hydrogen-bond donors (Lipinski definition) is 0. The number of esters is 1. The molecule has 0 saturated carbocycles. The van der Waals surface area contributed by atoms with Crippen LogP contribution in [0.5, 0.6) is 0 Å². The van der Waals surface area contributed by atoms with Crippen molar-refractivity contribution in [3.8, 4) is 0 Å². The Labute approximate surface area is 105 Å². The summed E-state index contributed by atoms with van der Waals surface area (Å²) < 4.78 is 5.34. The van der Waals surface area contributed by atoms with Crippen molar-refractivity contribution in [2.24, 2.45) is 0 Å². The Balaban J connectivity index is 2.62. The lowest BCUT2D eigenvalue weighted by Crippen LogP contribution is -2.22. The summed E-state index contributed by atoms with van der Waals surface area (Å²) in [5, 5.41) is 0. The third-order valence-electron chi connectivity index (χ3n) is 2.91. The molecule has 0 radical (unpaired) electrons. The van der Waals surface area contributed by atoms with Crippen LogP contribution in [-0.2, 0) is 4.74 Å². The molecule has 0 aliphatic heterocycles. The Morgan fingerprint density at radius 1 is 1.24 bits per heavy atom. The third-order valence-corrected chi connectivity index (χ3v) is 4.61. The summed E-state index contributed by atoms with van der Waals surface area (Å²) in [5.74, 6) is -0.190. The smallest absolute Gasteiger partial charge is 0.338 e. The molecule has 0 amide bonds. The van der Waals surface area contributed by atoms with E-state index in [9.17, 15) is 4.79 Å². The average Bonchev–Trinajstić information content (AvgIpc) is 2.20. The van der Waals surface area contributed by atoms with Crippen LogP contribution >= 0.6 is 0 Å². The molecule has 0 aliphatic rings. The van der Waals surface area contributed by atoms with E-state index in [1.54, 1.807) is 0 Å². The van der Waals surface area contributed by atoms with Crippen LogP contribution in [0, 0.1) is 13.8 Å². The molecule has 0 heterocycles. The Bertz CT molecular complexity index is 405. The van der Waals surface area contributed by atoms with Gasteiger partial charge in [0.1, 0.15) is 0 Å². The zero-order valence-corrected chi connectivity index (χ0v) is 12.5. The zero-order chi connectivity index (χ0) is 13.1. The highest BCUT2D eigenvalue weighted by Crippen LogP contribution is 2.15. The molecule has 0 atom stereocenters. The maximum absolute atomic E-state index is 11.9. The number of carbonyl (C=O) groups excluding carboxylic acids is 1. The van der Waals surface area contributed by atoms with E-state index in [-0.39, 0.29) is 5.97 Å². The molecule has 0 aliphatic carbocycles. The summed E-state index contributed by atoms with van der Waals surface area (Å²) in [7, 11) is -1.13. The maximum Gasteiger partial charge on any atom is 0.338 e. The van der Waals surface area contributed by atoms with Crippen LogP contribution < -0.4 is 0 Å². The second-order valence-electron chi connectivity index (χ2n) is 5.69. The van der Waals surface area contributed by atoms with Crippen molar-refractivity contribution >= 4 is 14.0 Å². The molecule has 0 bridgehead atoms. The highest BCUT2D eigenvalue weighted by molar-refractivity contribution is 6.76. The Hall–Kier alpha value is -1.09. The van der Waals surface area contributed by atoms with Crippen molar-refractivity contribution in [3.63, 3.8) is 0 Å². The predicted molar refractivity (Wildman–Crippen MR) is 74.4 cm³/mol. The molecule has 3 heteroatoms. The van der Waals surface area contributed by atoms with Crippen LogP contribution in [0.15, 0.2) is 18.2 Å². The van der Waals surface area contributed by atoms with E-state index < -0.39 is 8.07 Å². The van der Waals surface area contributed by atoms with Crippen LogP contribution in [0.3, 0.4) is 0 Å². The van der Waals surface area contributed by atoms with Crippen LogP contribution in [0.4, 0.5) is 0 Å². The Morgan fingerprint density at radius 2 is 1.88 bits per heavy atom. The number of rotatable bonds is 4. The van der Waals surface area contributed by atoms with E-state index >= 15 is 0 Å². The summed E-state index contributed by atoms with van der Waals surface area (Å²) in [4.78, 5) is 11.9. The number of hydrogen-bond acceptors (Lipinski definition) is 2. The van der Waals surface area contributed by atoms with Gasteiger partial charge in [-0.25, -0.2) is 4.79 Å². The highest BCUT2D eigenvalue weighted by atomic mass is 28.3. The second-order valence-corrected chi connectivity index (χ2v) is 11.3. The lowest BCUT2D eigenvalue weighted by Gasteiger charge is -2.15. The van der Waals surface area contributed by atoms with Crippen molar-refractivity contribution in [1.29, 1.82) is 0 Å². The average molecular weight is 250 g/mol. The molecule has 0 saturated heterocycles. The first-order valence-corrected chi connectivity index (χ1v) is 9.75. The van der Waals surface area contributed by atoms with Gasteiger partial charge in [-0.05, 0) is 37.1 Å². The molecule has 1 rings (SSSR count). The quantitative estimate of drug-likeness (QED) is 0.600. The molecule has 1 aromatic rings. The van der Waals surface area contributed by atoms with E-state index in [1.807, 2.05) is 32.0 Å². The van der Waals surface area contributed by atoms with E-state index in [2.05, 4.69) is 19.6 Å². The van der Waals surface area contributed by atoms with E-state index in [1.165, 1.54) is 0 Å². The maximum atomic E-state index is 11.9. The van der Waals surface area contributed by atoms with Crippen LogP contribution in [0.1, 0.15) is 21.5 Å². The van der Waals surface area contributed by atoms with Crippen molar-refractivity contribution in [2.45, 2.75) is 39.5 Å². The molecule has 2 nitrogen and oxygen atoms in total. The minimum atomic E-state index is -1.13. The normalized spacial score (nSPS) is 11.4. The zero-order valence-electron chi connectivity index (χ0n) is 11.5. The van der Waals surface area contributed by atoms with Gasteiger partial charge < -0.3 is 4.74 Å². The molecular formula is C14H22O2Si. The SMILES string of the molecule is Cc1cccc(C(=O)OCC[Si](C)(C)C)c1C. The largest absolute Gasteiger partial charge is 0.462 e. The van der Waals surface area contributed by atoms with Crippen LogP contribution in [0.2, 0.25) is 25.7 Å². The topological polar surface area (TPSA) is 26.3 Å². The third kappa shape index (κ3) is 4.34. The fourth-order valence-corrected chi connectivity index (χ4v) is 2.21. The van der Waals surface area contributed by atoms with Crippen LogP contribution in [0.25, 0.3) is 0 Å². The summed E-state index contributed by atoms with van der Waals surface area (Å²) in [6.45, 7) is 11.3. The van der Waals surface area contributed by atoms with Gasteiger partial charge in [-0.2, -0.15) is 0 Å². The van der Waals surface area contributed by atoms with Gasteiger partial charge in [0.05, 0.1) is 12.2 Å². The number of carbonyl (C=O) groups is 1. The summed E-state index contributed by atoms with van der Waals surface area (Å²) >= 11 is 0. The molecule has 0 N–H and O–H groups in total. The molecule has 0 unspecified atom stereocenters. The summed E-state index contributed by atoms with van der Waals surface area (Å²) in [6.07, 6.45) is 0. The minimum Gasteiger partial charge on any atom is -0.462 e. The fraction of sp³-hybridized carbons (Fsp3) is 0.500. The summed E-state index contributed by atoms with van der Waals surface area (Å²) in [5.41, 5.74) is 2.84. The molecule has 17 heavy (non-hydrogen) atoms. The minimum absolute atomic E-state index is 0.190. The van der Waals surface area contributed by atoms with Gasteiger partial charge in [0.25, 0.3) is 0 Å². The van der Waals surface area contributed by atoms with Gasteiger partial charge in [-0.3, -0.25) is 0 Å². The van der Waals surface area contributed by atoms with E-state index in [0.29, 0.717) is 12.2 Å². The molecule has 0 fully saturated rings. The lowest BCUT2D eigenvalue weighted by molar-refractivity contribution is 0.0524. The number of ether oxygens (including phenoxy) is 1. The van der Waals surface area contributed by atoms with Gasteiger partial charge in [0, 0.05) is 8.07 Å². The van der Waals surface area contributed by atoms with Gasteiger partial charge >= 0.3 is 5.97 Å². The van der Waals surface area contributed by atoms with Crippen molar-refractivity contribution in [2.75, 3.05) is 6.61 Å². The first-order chi connectivity index (χ1) is 7.81. The van der Waals surface area contributed by atoms with Crippen LogP contribution in [-0.4, -0.2) is 20.7 Å². The standard InChI is InChI=1S/C14H22O2Si/c1-11-7-6-8-13(12(11)2)14(15)16-9-10-17(3,4)5/h6-8H,9-10H2,1-5H3. The molecule has 1 aromatic carbocycles. The fourth-order valence-electron chi connectivity index (χ4n) is 1.50.